The van der Waals surface area contributed by atoms with Gasteiger partial charge in [-0.3, -0.25) is 9.59 Å². The van der Waals surface area contributed by atoms with Gasteiger partial charge in [0.25, 0.3) is 10.5 Å². The van der Waals surface area contributed by atoms with Crippen molar-refractivity contribution in [3.8, 4) is 0 Å². The van der Waals surface area contributed by atoms with E-state index in [-0.39, 0.29) is 10.5 Å². The first-order chi connectivity index (χ1) is 11.5. The van der Waals surface area contributed by atoms with Crippen LogP contribution in [0.15, 0.2) is 48.5 Å². The number of carbonyl (C=O) groups is 2. The fraction of sp³-hybridized carbons (Fsp3) is 0.125. The van der Waals surface area contributed by atoms with Gasteiger partial charge in [-0.15, -0.1) is 0 Å². The van der Waals surface area contributed by atoms with Crippen molar-refractivity contribution in [2.75, 3.05) is 22.1 Å². The van der Waals surface area contributed by atoms with Gasteiger partial charge in [0.1, 0.15) is 0 Å². The van der Waals surface area contributed by atoms with Crippen LogP contribution in [0.5, 0.6) is 0 Å². The Morgan fingerprint density at radius 3 is 1.58 bits per heavy atom. The molecule has 2 N–H and O–H groups in total. The first-order valence-electron chi connectivity index (χ1n) is 6.91. The van der Waals surface area contributed by atoms with Crippen LogP contribution < -0.4 is 10.6 Å². The monoisotopic (exact) mass is 400 g/mol. The van der Waals surface area contributed by atoms with E-state index in [1.54, 1.807) is 48.5 Å². The lowest BCUT2D eigenvalue weighted by molar-refractivity contribution is 0.269. The molecule has 0 fully saturated rings. The van der Waals surface area contributed by atoms with Crippen molar-refractivity contribution in [2.24, 2.45) is 0 Å². The second-order valence-corrected chi connectivity index (χ2v) is 7.55. The third-order valence-electron chi connectivity index (χ3n) is 2.69. The third-order valence-corrected chi connectivity index (χ3v) is 4.97. The van der Waals surface area contributed by atoms with Crippen molar-refractivity contribution >= 4 is 68.6 Å². The molecule has 8 heteroatoms. The van der Waals surface area contributed by atoms with E-state index in [0.717, 1.165) is 23.5 Å². The average molecular weight is 401 g/mol. The molecule has 2 amide bonds. The number of nitrogens with one attached hydrogen (secondary N) is 2. The molecular weight excluding hydrogens is 387 g/mol. The van der Waals surface area contributed by atoms with Crippen molar-refractivity contribution in [3.05, 3.63) is 58.6 Å². The SMILES string of the molecule is O=C(Nc1cccc(Cl)c1)SCCSC(=O)Nc1cccc(Cl)c1. The van der Waals surface area contributed by atoms with E-state index < -0.39 is 0 Å². The number of halogens is 2. The largest absolute Gasteiger partial charge is 0.317 e. The summed E-state index contributed by atoms with van der Waals surface area (Å²) in [7, 11) is 0. The first-order valence-corrected chi connectivity index (χ1v) is 9.64. The predicted octanol–water partition coefficient (Wildman–Crippen LogP) is 6.22. The standard InChI is InChI=1S/C16H14Cl2N2O2S2/c17-11-3-1-5-13(9-11)19-15(21)23-7-8-24-16(22)20-14-6-2-4-12(18)10-14/h1-6,9-10H,7-8H2,(H,19,21)(H,20,22). The minimum Gasteiger partial charge on any atom is -0.317 e. The van der Waals surface area contributed by atoms with Crippen LogP contribution in [-0.4, -0.2) is 22.0 Å². The molecule has 0 spiro atoms. The molecule has 0 saturated carbocycles. The number of benzene rings is 2. The summed E-state index contributed by atoms with van der Waals surface area (Å²) < 4.78 is 0. The molecule has 0 heterocycles. The molecule has 2 aromatic rings. The van der Waals surface area contributed by atoms with E-state index in [1.165, 1.54) is 0 Å². The normalized spacial score (nSPS) is 10.2. The molecule has 0 radical (unpaired) electrons. The molecule has 2 aromatic carbocycles. The molecule has 0 aromatic heterocycles. The molecule has 0 bridgehead atoms. The molecule has 0 unspecified atom stereocenters. The number of carbonyl (C=O) groups excluding carboxylic acids is 2. The minimum atomic E-state index is -0.187. The van der Waals surface area contributed by atoms with Crippen LogP contribution in [0, 0.1) is 0 Å². The maximum Gasteiger partial charge on any atom is 0.283 e. The summed E-state index contributed by atoms with van der Waals surface area (Å²) in [5, 5.41) is 6.21. The highest BCUT2D eigenvalue weighted by molar-refractivity contribution is 8.17. The fourth-order valence-corrected chi connectivity index (χ4v) is 3.51. The second kappa shape index (κ2) is 9.84. The number of amides is 2. The van der Waals surface area contributed by atoms with Crippen LogP contribution in [0.2, 0.25) is 10.0 Å². The maximum atomic E-state index is 11.8. The summed E-state index contributed by atoms with van der Waals surface area (Å²) in [6, 6.07) is 13.9. The number of hydrogen-bond donors (Lipinski definition) is 2. The lowest BCUT2D eigenvalue weighted by atomic mass is 10.3. The summed E-state index contributed by atoms with van der Waals surface area (Å²) in [5.74, 6) is 1.03. The highest BCUT2D eigenvalue weighted by Crippen LogP contribution is 2.19. The quantitative estimate of drug-likeness (QED) is 0.584. The third kappa shape index (κ3) is 7.05. The van der Waals surface area contributed by atoms with Crippen molar-refractivity contribution in [2.45, 2.75) is 0 Å². The van der Waals surface area contributed by atoms with Gasteiger partial charge in [-0.05, 0) is 36.4 Å². The lowest BCUT2D eigenvalue weighted by Crippen LogP contribution is -2.08. The number of rotatable bonds is 5. The molecule has 0 saturated heterocycles. The van der Waals surface area contributed by atoms with Crippen molar-refractivity contribution < 1.29 is 9.59 Å². The second-order valence-electron chi connectivity index (χ2n) is 4.54. The van der Waals surface area contributed by atoms with Crippen molar-refractivity contribution in [1.29, 1.82) is 0 Å². The summed E-state index contributed by atoms with van der Waals surface area (Å²) in [4.78, 5) is 23.6. The van der Waals surface area contributed by atoms with Crippen LogP contribution in [0.25, 0.3) is 0 Å². The van der Waals surface area contributed by atoms with Gasteiger partial charge in [0, 0.05) is 32.9 Å². The molecular formula is C16H14Cl2N2O2S2. The fourth-order valence-electron chi connectivity index (χ4n) is 1.71. The topological polar surface area (TPSA) is 58.2 Å². The van der Waals surface area contributed by atoms with Crippen LogP contribution >= 0.6 is 46.7 Å². The number of anilines is 2. The van der Waals surface area contributed by atoms with Gasteiger partial charge in [0.05, 0.1) is 0 Å². The maximum absolute atomic E-state index is 11.8. The zero-order valence-electron chi connectivity index (χ0n) is 12.4. The van der Waals surface area contributed by atoms with Gasteiger partial charge in [0.2, 0.25) is 0 Å². The molecule has 126 valence electrons. The summed E-state index contributed by atoms with van der Waals surface area (Å²) in [5.41, 5.74) is 1.29. The van der Waals surface area contributed by atoms with E-state index in [0.29, 0.717) is 32.9 Å². The lowest BCUT2D eigenvalue weighted by Gasteiger charge is -2.06. The molecule has 0 aliphatic rings. The van der Waals surface area contributed by atoms with Crippen LogP contribution in [-0.2, 0) is 0 Å². The number of thioether (sulfide) groups is 2. The predicted molar refractivity (Wildman–Crippen MR) is 106 cm³/mol. The highest BCUT2D eigenvalue weighted by Gasteiger charge is 2.06. The van der Waals surface area contributed by atoms with Crippen LogP contribution in [0.3, 0.4) is 0 Å². The smallest absolute Gasteiger partial charge is 0.283 e. The summed E-state index contributed by atoms with van der Waals surface area (Å²) >= 11 is 13.9. The molecule has 24 heavy (non-hydrogen) atoms. The molecule has 0 aliphatic heterocycles. The van der Waals surface area contributed by atoms with Gasteiger partial charge in [0.15, 0.2) is 0 Å². The van der Waals surface area contributed by atoms with Gasteiger partial charge in [-0.25, -0.2) is 0 Å². The minimum absolute atomic E-state index is 0.187. The van der Waals surface area contributed by atoms with Gasteiger partial charge < -0.3 is 10.6 Å². The van der Waals surface area contributed by atoms with Crippen LogP contribution in [0.4, 0.5) is 21.0 Å². The highest BCUT2D eigenvalue weighted by atomic mass is 35.5. The van der Waals surface area contributed by atoms with E-state index in [4.69, 9.17) is 23.2 Å². The van der Waals surface area contributed by atoms with Crippen molar-refractivity contribution in [1.82, 2.24) is 0 Å². The zero-order valence-corrected chi connectivity index (χ0v) is 15.6. The Bertz CT molecular complexity index is 667. The first kappa shape index (κ1) is 19.0. The Morgan fingerprint density at radius 2 is 1.21 bits per heavy atom. The Labute approximate surface area is 158 Å². The molecule has 0 atom stereocenters. The number of hydrogen-bond acceptors (Lipinski definition) is 4. The molecule has 2 rings (SSSR count). The van der Waals surface area contributed by atoms with Gasteiger partial charge in [-0.1, -0.05) is 58.9 Å². The van der Waals surface area contributed by atoms with Crippen molar-refractivity contribution in [3.63, 3.8) is 0 Å². The molecule has 4 nitrogen and oxygen atoms in total. The average Bonchev–Trinajstić information content (AvgIpc) is 2.51. The van der Waals surface area contributed by atoms with E-state index in [9.17, 15) is 9.59 Å². The summed E-state index contributed by atoms with van der Waals surface area (Å²) in [6.07, 6.45) is 0. The van der Waals surface area contributed by atoms with Gasteiger partial charge in [-0.2, -0.15) is 0 Å². The molecule has 0 aliphatic carbocycles. The zero-order chi connectivity index (χ0) is 17.4. The Hall–Kier alpha value is -1.34. The van der Waals surface area contributed by atoms with Crippen LogP contribution in [0.1, 0.15) is 0 Å². The Morgan fingerprint density at radius 1 is 0.792 bits per heavy atom. The Kier molecular flexibility index (Phi) is 7.78. The van der Waals surface area contributed by atoms with E-state index in [2.05, 4.69) is 10.6 Å². The summed E-state index contributed by atoms with van der Waals surface area (Å²) in [6.45, 7) is 0. The van der Waals surface area contributed by atoms with Gasteiger partial charge >= 0.3 is 0 Å². The van der Waals surface area contributed by atoms with E-state index >= 15 is 0 Å². The van der Waals surface area contributed by atoms with E-state index in [1.807, 2.05) is 0 Å². The Balaban J connectivity index is 1.65.